The van der Waals surface area contributed by atoms with Crippen molar-refractivity contribution in [2.75, 3.05) is 18.1 Å². The van der Waals surface area contributed by atoms with Gasteiger partial charge >= 0.3 is 0 Å². The molecule has 9 nitrogen and oxygen atoms in total. The number of benzene rings is 1. The van der Waals surface area contributed by atoms with Crippen molar-refractivity contribution in [2.24, 2.45) is 0 Å². The number of nitrogens with zero attached hydrogens (tertiary/aromatic N) is 3. The van der Waals surface area contributed by atoms with Crippen molar-refractivity contribution in [3.05, 3.63) is 53.6 Å². The summed E-state index contributed by atoms with van der Waals surface area (Å²) in [6.45, 7) is 0.243. The minimum absolute atomic E-state index is 0.0213. The van der Waals surface area contributed by atoms with Crippen molar-refractivity contribution in [1.29, 1.82) is 0 Å². The molecule has 1 aliphatic carbocycles. The molecule has 0 unspecified atom stereocenters. The fraction of sp³-hybridized carbons (Fsp3) is 0.481. The van der Waals surface area contributed by atoms with Crippen LogP contribution in [0.25, 0.3) is 10.9 Å². The summed E-state index contributed by atoms with van der Waals surface area (Å²) in [6, 6.07) is 8.50. The van der Waals surface area contributed by atoms with E-state index in [1.54, 1.807) is 4.68 Å². The van der Waals surface area contributed by atoms with Crippen LogP contribution in [-0.2, 0) is 6.54 Å². The van der Waals surface area contributed by atoms with E-state index in [1.807, 2.05) is 36.0 Å². The van der Waals surface area contributed by atoms with E-state index in [4.69, 9.17) is 4.74 Å². The van der Waals surface area contributed by atoms with Gasteiger partial charge in [-0.3, -0.25) is 14.3 Å². The van der Waals surface area contributed by atoms with Crippen LogP contribution in [0.15, 0.2) is 36.5 Å². The Balaban J connectivity index is 1.17. The van der Waals surface area contributed by atoms with Gasteiger partial charge < -0.3 is 20.5 Å². The molecule has 0 spiro atoms. The molecular formula is C27H32FN5O4S. The number of nitrogens with one attached hydrogen (secondary N) is 2. The summed E-state index contributed by atoms with van der Waals surface area (Å²) in [5.74, 6) is 0.934. The molecule has 5 rings (SSSR count). The van der Waals surface area contributed by atoms with E-state index in [1.165, 1.54) is 6.07 Å². The van der Waals surface area contributed by atoms with Crippen molar-refractivity contribution in [1.82, 2.24) is 25.4 Å². The zero-order chi connectivity index (χ0) is 26.5. The molecule has 0 radical (unpaired) electrons. The lowest BCUT2D eigenvalue weighted by Gasteiger charge is -2.30. The van der Waals surface area contributed by atoms with Gasteiger partial charge in [0.1, 0.15) is 17.5 Å². The highest BCUT2D eigenvalue weighted by atomic mass is 32.2. The maximum atomic E-state index is 14.0. The predicted molar refractivity (Wildman–Crippen MR) is 143 cm³/mol. The summed E-state index contributed by atoms with van der Waals surface area (Å²) in [5, 5.41) is 20.6. The number of pyridine rings is 1. The minimum Gasteiger partial charge on any atom is -0.474 e. The van der Waals surface area contributed by atoms with Crippen LogP contribution in [-0.4, -0.2) is 68.0 Å². The van der Waals surface area contributed by atoms with Crippen molar-refractivity contribution < 1.29 is 23.8 Å². The SMILES string of the molecule is O=C(NC1CCC(NC(=O)c2nn(CCO)c3ccccc23)CC1)c1cc(F)cnc1OC1CCSCC1. The smallest absolute Gasteiger partial charge is 0.272 e. The van der Waals surface area contributed by atoms with E-state index in [0.717, 1.165) is 41.4 Å². The summed E-state index contributed by atoms with van der Waals surface area (Å²) in [6.07, 6.45) is 5.54. The van der Waals surface area contributed by atoms with Crippen molar-refractivity contribution in [3.63, 3.8) is 0 Å². The first kappa shape index (κ1) is 26.4. The molecule has 2 amide bonds. The molecule has 3 N–H and O–H groups in total. The second-order valence-electron chi connectivity index (χ2n) is 9.74. The third-order valence-corrected chi connectivity index (χ3v) is 8.14. The first-order valence-electron chi connectivity index (χ1n) is 13.1. The van der Waals surface area contributed by atoms with Crippen LogP contribution in [0.1, 0.15) is 59.4 Å². The maximum Gasteiger partial charge on any atom is 0.272 e. The zero-order valence-electron chi connectivity index (χ0n) is 21.1. The Kier molecular flexibility index (Phi) is 8.43. The molecule has 2 aromatic heterocycles. The highest BCUT2D eigenvalue weighted by Gasteiger charge is 2.28. The second-order valence-corrected chi connectivity index (χ2v) is 11.0. The molecule has 1 aliphatic heterocycles. The lowest BCUT2D eigenvalue weighted by atomic mass is 9.91. The second kappa shape index (κ2) is 12.1. The zero-order valence-corrected chi connectivity index (χ0v) is 21.9. The quantitative estimate of drug-likeness (QED) is 0.400. The molecule has 11 heteroatoms. The number of para-hydroxylation sites is 1. The van der Waals surface area contributed by atoms with Crippen LogP contribution in [0.2, 0.25) is 0 Å². The molecule has 0 atom stereocenters. The molecule has 0 bridgehead atoms. The van der Waals surface area contributed by atoms with Gasteiger partial charge in [-0.25, -0.2) is 9.37 Å². The Morgan fingerprint density at radius 3 is 2.45 bits per heavy atom. The number of hydrogen-bond donors (Lipinski definition) is 3. The molecule has 2 fully saturated rings. The topological polar surface area (TPSA) is 118 Å². The first-order chi connectivity index (χ1) is 18.5. The molecule has 202 valence electrons. The van der Waals surface area contributed by atoms with E-state index in [-0.39, 0.29) is 42.1 Å². The van der Waals surface area contributed by atoms with Crippen LogP contribution in [0, 0.1) is 5.82 Å². The van der Waals surface area contributed by atoms with Crippen LogP contribution < -0.4 is 15.4 Å². The number of hydrogen-bond acceptors (Lipinski definition) is 7. The van der Waals surface area contributed by atoms with Gasteiger partial charge in [-0.1, -0.05) is 18.2 Å². The number of rotatable bonds is 8. The average Bonchev–Trinajstić information content (AvgIpc) is 3.30. The summed E-state index contributed by atoms with van der Waals surface area (Å²) in [7, 11) is 0. The molecule has 1 saturated heterocycles. The molecule has 3 aromatic rings. The standard InChI is InChI=1S/C27H32FN5O4S/c28-17-15-22(27(29-16-17)37-20-9-13-38-14-10-20)25(35)30-18-5-7-19(8-6-18)31-26(36)24-21-3-1-2-4-23(21)33(32-24)11-12-34/h1-4,15-16,18-20,34H,5-14H2,(H,30,35)(H,31,36). The fourth-order valence-corrected chi connectivity index (χ4v) is 6.16. The van der Waals surface area contributed by atoms with E-state index in [0.29, 0.717) is 37.9 Å². The van der Waals surface area contributed by atoms with Gasteiger partial charge in [0.2, 0.25) is 5.88 Å². The largest absolute Gasteiger partial charge is 0.474 e. The number of ether oxygens (including phenoxy) is 1. The number of amides is 2. The van der Waals surface area contributed by atoms with Crippen LogP contribution >= 0.6 is 11.8 Å². The van der Waals surface area contributed by atoms with E-state index in [2.05, 4.69) is 20.7 Å². The van der Waals surface area contributed by atoms with Gasteiger partial charge in [0.15, 0.2) is 5.69 Å². The molecule has 1 aromatic carbocycles. The Morgan fingerprint density at radius 1 is 1.05 bits per heavy atom. The first-order valence-corrected chi connectivity index (χ1v) is 14.3. The van der Waals surface area contributed by atoms with E-state index < -0.39 is 11.7 Å². The van der Waals surface area contributed by atoms with Gasteiger partial charge in [0, 0.05) is 17.5 Å². The van der Waals surface area contributed by atoms with E-state index >= 15 is 0 Å². The predicted octanol–water partition coefficient (Wildman–Crippen LogP) is 3.31. The summed E-state index contributed by atoms with van der Waals surface area (Å²) >= 11 is 1.87. The lowest BCUT2D eigenvalue weighted by molar-refractivity contribution is 0.0883. The number of aromatic nitrogens is 3. The number of aliphatic hydroxyl groups excluding tert-OH is 1. The molecule has 3 heterocycles. The molecule has 2 aliphatic rings. The maximum absolute atomic E-state index is 14.0. The molecule has 38 heavy (non-hydrogen) atoms. The Morgan fingerprint density at radius 2 is 1.74 bits per heavy atom. The van der Waals surface area contributed by atoms with Crippen molar-refractivity contribution in [2.45, 2.75) is 63.3 Å². The normalized spacial score (nSPS) is 20.3. The third-order valence-electron chi connectivity index (χ3n) is 7.09. The van der Waals surface area contributed by atoms with Crippen molar-refractivity contribution >= 4 is 34.5 Å². The number of halogens is 1. The number of thioether (sulfide) groups is 1. The number of carbonyl (C=O) groups excluding carboxylic acids is 2. The van der Waals surface area contributed by atoms with Gasteiger partial charge in [-0.05, 0) is 62.2 Å². The van der Waals surface area contributed by atoms with Crippen LogP contribution in [0.3, 0.4) is 0 Å². The summed E-state index contributed by atoms with van der Waals surface area (Å²) in [4.78, 5) is 30.2. The Bertz CT molecular complexity index is 1290. The van der Waals surface area contributed by atoms with Crippen molar-refractivity contribution in [3.8, 4) is 5.88 Å². The summed E-state index contributed by atoms with van der Waals surface area (Å²) < 4.78 is 21.6. The third kappa shape index (κ3) is 6.10. The number of fused-ring (bicyclic) bond motifs is 1. The van der Waals surface area contributed by atoms with Gasteiger partial charge in [-0.2, -0.15) is 16.9 Å². The molecular weight excluding hydrogens is 509 g/mol. The molecule has 1 saturated carbocycles. The van der Waals surface area contributed by atoms with Gasteiger partial charge in [0.25, 0.3) is 11.8 Å². The fourth-order valence-electron chi connectivity index (χ4n) is 5.09. The highest BCUT2D eigenvalue weighted by molar-refractivity contribution is 7.99. The Labute approximate surface area is 224 Å². The summed E-state index contributed by atoms with van der Waals surface area (Å²) in [5.41, 5.74) is 1.26. The monoisotopic (exact) mass is 541 g/mol. The minimum atomic E-state index is -0.581. The lowest BCUT2D eigenvalue weighted by Crippen LogP contribution is -2.44. The van der Waals surface area contributed by atoms with Crippen LogP contribution in [0.5, 0.6) is 5.88 Å². The average molecular weight is 542 g/mol. The number of carbonyl (C=O) groups is 2. The Hall–Kier alpha value is -3.18. The van der Waals surface area contributed by atoms with E-state index in [9.17, 15) is 19.1 Å². The highest BCUT2D eigenvalue weighted by Crippen LogP contribution is 2.26. The van der Waals surface area contributed by atoms with Gasteiger partial charge in [-0.15, -0.1) is 0 Å². The number of aliphatic hydroxyl groups is 1. The van der Waals surface area contributed by atoms with Crippen LogP contribution in [0.4, 0.5) is 4.39 Å². The van der Waals surface area contributed by atoms with Gasteiger partial charge in [0.05, 0.1) is 24.9 Å².